The van der Waals surface area contributed by atoms with E-state index in [1.807, 2.05) is 89.8 Å². The van der Waals surface area contributed by atoms with Gasteiger partial charge in [-0.15, -0.1) is 11.8 Å². The van der Waals surface area contributed by atoms with E-state index in [1.165, 1.54) is 5.57 Å². The number of amides is 1. The topological polar surface area (TPSA) is 74.8 Å². The standard InChI is InChI=1S/C14H20N2O2S.C9H14N2.C2H5Br.C2H6/c1-11(15-2)9-19-10-16-14(17)8-12-5-4-6-13(7-12)18-3;1-8-5-3-4-6-10-9(2)11-7-8;1-2-3;1-2/h4-7,9,15H,8,10H2,1-3H3,(H,16,17);3-4,6-7,9,11H,5H2,1-2H3;2H2,1H3;1-2H3/b11-9-;4-3-,8-7-,10-6-;;. The Morgan fingerprint density at radius 2 is 2.06 bits per heavy atom. The number of carbonyl (C=O) groups excluding carboxylic acids is 1. The molecule has 0 aliphatic carbocycles. The van der Waals surface area contributed by atoms with Gasteiger partial charge in [-0.05, 0) is 62.6 Å². The Bertz CT molecular complexity index is 795. The summed E-state index contributed by atoms with van der Waals surface area (Å²) >= 11 is 4.70. The van der Waals surface area contributed by atoms with Crippen LogP contribution in [0.15, 0.2) is 64.3 Å². The number of methoxy groups -OCH3 is 1. The fourth-order valence-electron chi connectivity index (χ4n) is 2.24. The lowest BCUT2D eigenvalue weighted by atomic mass is 10.1. The lowest BCUT2D eigenvalue weighted by Gasteiger charge is -2.06. The molecule has 198 valence electrons. The van der Waals surface area contributed by atoms with Crippen molar-refractivity contribution in [1.82, 2.24) is 16.0 Å². The highest BCUT2D eigenvalue weighted by molar-refractivity contribution is 9.09. The van der Waals surface area contributed by atoms with Crippen LogP contribution in [0, 0.1) is 0 Å². The summed E-state index contributed by atoms with van der Waals surface area (Å²) in [5.41, 5.74) is 3.36. The van der Waals surface area contributed by atoms with Crippen molar-refractivity contribution in [3.8, 4) is 5.75 Å². The first-order valence-electron chi connectivity index (χ1n) is 11.9. The number of nitrogens with one attached hydrogen (secondary N) is 3. The average Bonchev–Trinajstić information content (AvgIpc) is 2.96. The number of carbonyl (C=O) groups is 1. The molecule has 8 heteroatoms. The van der Waals surface area contributed by atoms with E-state index < -0.39 is 0 Å². The monoisotopic (exact) mass is 568 g/mol. The van der Waals surface area contributed by atoms with E-state index in [-0.39, 0.29) is 12.1 Å². The van der Waals surface area contributed by atoms with Crippen molar-refractivity contribution in [2.24, 2.45) is 4.99 Å². The molecule has 6 nitrogen and oxygen atoms in total. The van der Waals surface area contributed by atoms with Gasteiger partial charge in [-0.25, -0.2) is 0 Å². The molecule has 1 unspecified atom stereocenters. The van der Waals surface area contributed by atoms with E-state index in [9.17, 15) is 4.79 Å². The minimum atomic E-state index is 0.0104. The molecule has 0 fully saturated rings. The van der Waals surface area contributed by atoms with Crippen molar-refractivity contribution in [3.05, 3.63) is 64.9 Å². The quantitative estimate of drug-likeness (QED) is 0.201. The van der Waals surface area contributed by atoms with Gasteiger partial charge in [0.15, 0.2) is 0 Å². The van der Waals surface area contributed by atoms with Crippen LogP contribution >= 0.6 is 27.7 Å². The fraction of sp³-hybridized carbons (Fsp3) is 0.481. The number of hydrogen-bond acceptors (Lipinski definition) is 6. The Kier molecular flexibility index (Phi) is 24.9. The van der Waals surface area contributed by atoms with Gasteiger partial charge in [0.25, 0.3) is 0 Å². The van der Waals surface area contributed by atoms with E-state index in [4.69, 9.17) is 4.74 Å². The minimum absolute atomic E-state index is 0.0104. The summed E-state index contributed by atoms with van der Waals surface area (Å²) in [6.45, 7) is 12.2. The summed E-state index contributed by atoms with van der Waals surface area (Å²) in [5.74, 6) is 1.35. The zero-order valence-electron chi connectivity index (χ0n) is 22.7. The maximum atomic E-state index is 11.7. The second-order valence-corrected chi connectivity index (χ2v) is 9.00. The van der Waals surface area contributed by atoms with Gasteiger partial charge in [0.2, 0.25) is 5.91 Å². The molecule has 1 heterocycles. The molecule has 35 heavy (non-hydrogen) atoms. The van der Waals surface area contributed by atoms with Crippen molar-refractivity contribution >= 4 is 39.8 Å². The third kappa shape index (κ3) is 22.0. The lowest BCUT2D eigenvalue weighted by molar-refractivity contribution is -0.120. The van der Waals surface area contributed by atoms with Gasteiger partial charge in [0.05, 0.1) is 19.4 Å². The Morgan fingerprint density at radius 1 is 1.37 bits per heavy atom. The van der Waals surface area contributed by atoms with Gasteiger partial charge in [-0.1, -0.05) is 60.5 Å². The van der Waals surface area contributed by atoms with Gasteiger partial charge < -0.3 is 20.7 Å². The van der Waals surface area contributed by atoms with Crippen molar-refractivity contribution < 1.29 is 9.53 Å². The van der Waals surface area contributed by atoms with Gasteiger partial charge >= 0.3 is 0 Å². The molecular formula is C27H45BrN4O2S. The maximum Gasteiger partial charge on any atom is 0.225 e. The molecular weight excluding hydrogens is 524 g/mol. The van der Waals surface area contributed by atoms with Crippen LogP contribution in [0.1, 0.15) is 53.5 Å². The van der Waals surface area contributed by atoms with Crippen molar-refractivity contribution in [2.45, 2.75) is 60.5 Å². The number of allylic oxidation sites excluding steroid dienone is 4. The highest BCUT2D eigenvalue weighted by atomic mass is 79.9. The highest BCUT2D eigenvalue weighted by Crippen LogP contribution is 2.13. The molecule has 0 spiro atoms. The van der Waals surface area contributed by atoms with Gasteiger partial charge in [0, 0.05) is 24.3 Å². The summed E-state index contributed by atoms with van der Waals surface area (Å²) in [6.07, 6.45) is 9.52. The molecule has 0 saturated heterocycles. The van der Waals surface area contributed by atoms with E-state index in [2.05, 4.69) is 49.9 Å². The lowest BCUT2D eigenvalue weighted by Crippen LogP contribution is -2.24. The number of rotatable bonds is 7. The maximum absolute atomic E-state index is 11.7. The van der Waals surface area contributed by atoms with Gasteiger partial charge in [-0.2, -0.15) is 0 Å². The van der Waals surface area contributed by atoms with Crippen LogP contribution in [0.2, 0.25) is 0 Å². The molecule has 0 saturated carbocycles. The van der Waals surface area contributed by atoms with Crippen molar-refractivity contribution in [3.63, 3.8) is 0 Å². The first kappa shape index (κ1) is 35.0. The molecule has 2 rings (SSSR count). The summed E-state index contributed by atoms with van der Waals surface area (Å²) in [4.78, 5) is 15.9. The number of hydrogen-bond donors (Lipinski definition) is 3. The van der Waals surface area contributed by atoms with Gasteiger partial charge in [-0.3, -0.25) is 9.79 Å². The smallest absolute Gasteiger partial charge is 0.225 e. The second-order valence-electron chi connectivity index (χ2n) is 7.02. The van der Waals surface area contributed by atoms with Crippen LogP contribution in [0.25, 0.3) is 0 Å². The predicted molar refractivity (Wildman–Crippen MR) is 160 cm³/mol. The number of halogens is 1. The van der Waals surface area contributed by atoms with E-state index in [1.54, 1.807) is 18.9 Å². The number of nitrogens with zero attached hydrogens (tertiary/aromatic N) is 1. The molecule has 1 aliphatic rings. The molecule has 0 radical (unpaired) electrons. The number of aliphatic imine (C=N–C) groups is 1. The van der Waals surface area contributed by atoms with E-state index in [0.29, 0.717) is 12.3 Å². The van der Waals surface area contributed by atoms with Crippen LogP contribution in [0.4, 0.5) is 0 Å². The third-order valence-electron chi connectivity index (χ3n) is 4.05. The summed E-state index contributed by atoms with van der Waals surface area (Å²) in [6, 6.07) is 7.54. The Hall–Kier alpha value is -2.19. The Balaban J connectivity index is 0. The number of ether oxygens (including phenoxy) is 1. The average molecular weight is 570 g/mol. The minimum Gasteiger partial charge on any atom is -0.497 e. The molecule has 1 aromatic carbocycles. The summed E-state index contributed by atoms with van der Waals surface area (Å²) in [5, 5.41) is 12.1. The van der Waals surface area contributed by atoms with Crippen LogP contribution in [0.3, 0.4) is 0 Å². The van der Waals surface area contributed by atoms with E-state index in [0.717, 1.165) is 28.8 Å². The van der Waals surface area contributed by atoms with E-state index >= 15 is 0 Å². The SMILES string of the molecule is C/C1=C/NC(C)/N=C\C=C/C1.CC.CCBr.CN/C(C)=C\SCNC(=O)Cc1cccc(OC)c1. The molecule has 1 aliphatic heterocycles. The number of benzene rings is 1. The first-order valence-corrected chi connectivity index (χ1v) is 14.0. The predicted octanol–water partition coefficient (Wildman–Crippen LogP) is 6.41. The Morgan fingerprint density at radius 3 is 2.69 bits per heavy atom. The second kappa shape index (κ2) is 24.9. The Labute approximate surface area is 226 Å². The van der Waals surface area contributed by atoms with Gasteiger partial charge in [0.1, 0.15) is 11.9 Å². The highest BCUT2D eigenvalue weighted by Gasteiger charge is 2.03. The zero-order chi connectivity index (χ0) is 26.9. The molecule has 1 atom stereocenters. The first-order chi connectivity index (χ1) is 16.9. The molecule has 3 N–H and O–H groups in total. The fourth-order valence-corrected chi connectivity index (χ4v) is 2.93. The normalized spacial score (nSPS) is 17.7. The third-order valence-corrected chi connectivity index (χ3v) is 4.88. The largest absolute Gasteiger partial charge is 0.497 e. The van der Waals surface area contributed by atoms with Crippen LogP contribution in [-0.2, 0) is 11.2 Å². The molecule has 1 aromatic rings. The number of alkyl halides is 1. The molecule has 0 aromatic heterocycles. The molecule has 1 amide bonds. The number of thioether (sulfide) groups is 1. The van der Waals surface area contributed by atoms with Crippen LogP contribution in [-0.4, -0.2) is 43.7 Å². The van der Waals surface area contributed by atoms with Crippen molar-refractivity contribution in [2.75, 3.05) is 25.4 Å². The molecule has 0 bridgehead atoms. The zero-order valence-corrected chi connectivity index (χ0v) is 25.1. The summed E-state index contributed by atoms with van der Waals surface area (Å²) in [7, 11) is 3.49. The van der Waals surface area contributed by atoms with Crippen molar-refractivity contribution in [1.29, 1.82) is 0 Å². The van der Waals surface area contributed by atoms with Crippen LogP contribution < -0.4 is 20.7 Å². The van der Waals surface area contributed by atoms with Crippen LogP contribution in [0.5, 0.6) is 5.75 Å². The summed E-state index contributed by atoms with van der Waals surface area (Å²) < 4.78 is 5.12.